The summed E-state index contributed by atoms with van der Waals surface area (Å²) >= 11 is 11.9. The van der Waals surface area contributed by atoms with Gasteiger partial charge in [0.2, 0.25) is 11.8 Å². The summed E-state index contributed by atoms with van der Waals surface area (Å²) in [6, 6.07) is 24.8. The standard InChI is InChI=1S/C28H14Cl2N2O4/c29-19-9-11-23-21(13-19)27(33)35-25(31-23)17-5-1-15(2-6-17)16-3-7-18(8-4-16)26-32-24-12-10-20(30)14-22(24)28(34)36-26/h1-14H. The number of fused-ring (bicyclic) bond motifs is 2. The highest BCUT2D eigenvalue weighted by Crippen LogP contribution is 2.27. The Morgan fingerprint density at radius 3 is 1.25 bits per heavy atom. The second-order valence-corrected chi connectivity index (χ2v) is 8.96. The minimum Gasteiger partial charge on any atom is -0.403 e. The lowest BCUT2D eigenvalue weighted by molar-refractivity contribution is 0.518. The third-order valence-electron chi connectivity index (χ3n) is 5.78. The van der Waals surface area contributed by atoms with Crippen LogP contribution in [-0.2, 0) is 0 Å². The fraction of sp³-hybridized carbons (Fsp3) is 0. The number of hydrogen-bond donors (Lipinski definition) is 0. The summed E-state index contributed by atoms with van der Waals surface area (Å²) in [7, 11) is 0. The van der Waals surface area contributed by atoms with Crippen LogP contribution < -0.4 is 11.3 Å². The predicted octanol–water partition coefficient (Wildman–Crippen LogP) is 7.00. The number of nitrogens with zero attached hydrogens (tertiary/aromatic N) is 2. The molecule has 6 nitrogen and oxygen atoms in total. The molecule has 8 heteroatoms. The van der Waals surface area contributed by atoms with Gasteiger partial charge in [-0.15, -0.1) is 0 Å². The molecule has 2 heterocycles. The molecule has 0 saturated carbocycles. The molecule has 2 aromatic heterocycles. The van der Waals surface area contributed by atoms with E-state index < -0.39 is 11.3 Å². The Hall–Kier alpha value is -4.26. The molecule has 0 bridgehead atoms. The van der Waals surface area contributed by atoms with Crippen LogP contribution in [0.15, 0.2) is 103 Å². The van der Waals surface area contributed by atoms with Crippen LogP contribution >= 0.6 is 23.2 Å². The molecule has 0 radical (unpaired) electrons. The monoisotopic (exact) mass is 512 g/mol. The molecule has 0 N–H and O–H groups in total. The summed E-state index contributed by atoms with van der Waals surface area (Å²) in [5.41, 5.74) is 3.29. The molecule has 6 aromatic rings. The van der Waals surface area contributed by atoms with E-state index in [2.05, 4.69) is 9.97 Å². The van der Waals surface area contributed by atoms with Crippen LogP contribution in [0.2, 0.25) is 10.0 Å². The largest absolute Gasteiger partial charge is 0.403 e. The van der Waals surface area contributed by atoms with Crippen molar-refractivity contribution in [2.45, 2.75) is 0 Å². The maximum absolute atomic E-state index is 12.4. The van der Waals surface area contributed by atoms with Gasteiger partial charge in [-0.05, 0) is 71.8 Å². The summed E-state index contributed by atoms with van der Waals surface area (Å²) < 4.78 is 10.8. The Balaban J connectivity index is 1.30. The van der Waals surface area contributed by atoms with E-state index in [-0.39, 0.29) is 11.8 Å². The SMILES string of the molecule is O=c1oc(-c2ccc(-c3ccc(-c4nc5ccc(Cl)cc5c(=O)o4)cc3)cc2)nc2ccc(Cl)cc12. The van der Waals surface area contributed by atoms with Crippen LogP contribution in [0.4, 0.5) is 0 Å². The molecule has 0 aliphatic rings. The first kappa shape index (κ1) is 22.2. The summed E-state index contributed by atoms with van der Waals surface area (Å²) in [4.78, 5) is 33.6. The average Bonchev–Trinajstić information content (AvgIpc) is 2.89. The Morgan fingerprint density at radius 1 is 0.500 bits per heavy atom. The van der Waals surface area contributed by atoms with Crippen molar-refractivity contribution in [1.29, 1.82) is 0 Å². The van der Waals surface area contributed by atoms with Crippen LogP contribution in [0, 0.1) is 0 Å². The normalized spacial score (nSPS) is 11.3. The third-order valence-corrected chi connectivity index (χ3v) is 6.25. The van der Waals surface area contributed by atoms with E-state index in [1.165, 1.54) is 0 Å². The van der Waals surface area contributed by atoms with Gasteiger partial charge in [0.1, 0.15) is 0 Å². The molecule has 36 heavy (non-hydrogen) atoms. The predicted molar refractivity (Wildman–Crippen MR) is 140 cm³/mol. The Labute approximate surface area is 213 Å². The van der Waals surface area contributed by atoms with Crippen LogP contribution in [0.25, 0.3) is 55.8 Å². The van der Waals surface area contributed by atoms with Gasteiger partial charge in [-0.3, -0.25) is 0 Å². The van der Waals surface area contributed by atoms with Crippen molar-refractivity contribution in [3.63, 3.8) is 0 Å². The second-order valence-electron chi connectivity index (χ2n) is 8.09. The van der Waals surface area contributed by atoms with Crippen LogP contribution in [0.3, 0.4) is 0 Å². The fourth-order valence-corrected chi connectivity index (χ4v) is 4.29. The van der Waals surface area contributed by atoms with Crippen molar-refractivity contribution >= 4 is 45.0 Å². The minimum absolute atomic E-state index is 0.232. The zero-order valence-electron chi connectivity index (χ0n) is 18.4. The van der Waals surface area contributed by atoms with Crippen molar-refractivity contribution in [3.8, 4) is 34.0 Å². The highest BCUT2D eigenvalue weighted by Gasteiger charge is 2.11. The van der Waals surface area contributed by atoms with Gasteiger partial charge in [-0.2, -0.15) is 0 Å². The molecular weight excluding hydrogens is 499 g/mol. The highest BCUT2D eigenvalue weighted by atomic mass is 35.5. The number of hydrogen-bond acceptors (Lipinski definition) is 6. The first-order valence-corrected chi connectivity index (χ1v) is 11.6. The Bertz CT molecular complexity index is 1750. The zero-order valence-corrected chi connectivity index (χ0v) is 19.9. The third kappa shape index (κ3) is 4.06. The van der Waals surface area contributed by atoms with Gasteiger partial charge >= 0.3 is 11.3 Å². The van der Waals surface area contributed by atoms with E-state index in [0.717, 1.165) is 11.1 Å². The molecule has 4 aromatic carbocycles. The summed E-state index contributed by atoms with van der Waals surface area (Å²) in [5, 5.41) is 1.57. The van der Waals surface area contributed by atoms with E-state index in [9.17, 15) is 9.59 Å². The van der Waals surface area contributed by atoms with Gasteiger partial charge in [0.25, 0.3) is 0 Å². The lowest BCUT2D eigenvalue weighted by atomic mass is 10.0. The molecule has 0 unspecified atom stereocenters. The molecule has 0 fully saturated rings. The first-order chi connectivity index (χ1) is 17.4. The maximum atomic E-state index is 12.4. The van der Waals surface area contributed by atoms with E-state index in [0.29, 0.717) is 43.0 Å². The quantitative estimate of drug-likeness (QED) is 0.253. The van der Waals surface area contributed by atoms with Gasteiger partial charge in [-0.1, -0.05) is 47.5 Å². The van der Waals surface area contributed by atoms with Gasteiger partial charge in [-0.25, -0.2) is 19.6 Å². The number of halogens is 2. The van der Waals surface area contributed by atoms with Gasteiger partial charge in [0.05, 0.1) is 21.8 Å². The van der Waals surface area contributed by atoms with Crippen LogP contribution in [-0.4, -0.2) is 9.97 Å². The Kier molecular flexibility index (Phi) is 5.40. The lowest BCUT2D eigenvalue weighted by Crippen LogP contribution is -2.03. The van der Waals surface area contributed by atoms with Crippen LogP contribution in [0.1, 0.15) is 0 Å². The highest BCUT2D eigenvalue weighted by molar-refractivity contribution is 6.31. The van der Waals surface area contributed by atoms with Crippen molar-refractivity contribution in [3.05, 3.63) is 116 Å². The molecule has 6 rings (SSSR count). The lowest BCUT2D eigenvalue weighted by Gasteiger charge is -2.06. The molecule has 174 valence electrons. The van der Waals surface area contributed by atoms with E-state index >= 15 is 0 Å². The van der Waals surface area contributed by atoms with Gasteiger partial charge in [0, 0.05) is 21.2 Å². The number of benzene rings is 4. The van der Waals surface area contributed by atoms with Crippen LogP contribution in [0.5, 0.6) is 0 Å². The fourth-order valence-electron chi connectivity index (χ4n) is 3.95. The summed E-state index contributed by atoms with van der Waals surface area (Å²) in [6.07, 6.45) is 0. The smallest absolute Gasteiger partial charge is 0.347 e. The molecule has 0 atom stereocenters. The number of aromatic nitrogens is 2. The molecule has 0 amide bonds. The van der Waals surface area contributed by atoms with Gasteiger partial charge in [0.15, 0.2) is 0 Å². The van der Waals surface area contributed by atoms with E-state index in [1.807, 2.05) is 48.5 Å². The van der Waals surface area contributed by atoms with Gasteiger partial charge < -0.3 is 8.83 Å². The molecule has 0 saturated heterocycles. The van der Waals surface area contributed by atoms with Crippen molar-refractivity contribution in [1.82, 2.24) is 9.97 Å². The topological polar surface area (TPSA) is 86.2 Å². The molecule has 0 aliphatic carbocycles. The van der Waals surface area contributed by atoms with Crippen molar-refractivity contribution in [2.75, 3.05) is 0 Å². The maximum Gasteiger partial charge on any atom is 0.347 e. The minimum atomic E-state index is -0.491. The van der Waals surface area contributed by atoms with Crippen molar-refractivity contribution < 1.29 is 8.83 Å². The molecule has 0 spiro atoms. The molecule has 0 aliphatic heterocycles. The summed E-state index contributed by atoms with van der Waals surface area (Å²) in [6.45, 7) is 0. The summed E-state index contributed by atoms with van der Waals surface area (Å²) in [5.74, 6) is 0.464. The first-order valence-electron chi connectivity index (χ1n) is 10.9. The Morgan fingerprint density at radius 2 is 0.861 bits per heavy atom. The van der Waals surface area contributed by atoms with Crippen molar-refractivity contribution in [2.24, 2.45) is 0 Å². The average molecular weight is 513 g/mol. The van der Waals surface area contributed by atoms with E-state index in [4.69, 9.17) is 32.0 Å². The zero-order chi connectivity index (χ0) is 24.8. The second kappa shape index (κ2) is 8.75. The molecular formula is C28H14Cl2N2O4. The van der Waals surface area contributed by atoms with E-state index in [1.54, 1.807) is 36.4 Å². The number of rotatable bonds is 3.